The third-order valence-corrected chi connectivity index (χ3v) is 5.85. The number of nitrogens with zero attached hydrogens (tertiary/aromatic N) is 6. The van der Waals surface area contributed by atoms with E-state index in [1.165, 1.54) is 29.0 Å². The van der Waals surface area contributed by atoms with Gasteiger partial charge in [0.15, 0.2) is 10.8 Å². The van der Waals surface area contributed by atoms with E-state index in [2.05, 4.69) is 34.4 Å². The van der Waals surface area contributed by atoms with Gasteiger partial charge in [0.2, 0.25) is 4.96 Å². The zero-order chi connectivity index (χ0) is 20.0. The number of rotatable bonds is 4. The van der Waals surface area contributed by atoms with Crippen LogP contribution >= 0.6 is 11.3 Å². The third-order valence-electron chi connectivity index (χ3n) is 4.91. The average Bonchev–Trinajstić information content (AvgIpc) is 3.41. The van der Waals surface area contributed by atoms with Crippen LogP contribution in [0.2, 0.25) is 0 Å². The van der Waals surface area contributed by atoms with E-state index in [-0.39, 0.29) is 5.82 Å². The Morgan fingerprint density at radius 3 is 2.76 bits per heavy atom. The molecule has 3 aromatic heterocycles. The highest BCUT2D eigenvalue weighted by Crippen LogP contribution is 2.31. The zero-order valence-electron chi connectivity index (χ0n) is 15.9. The van der Waals surface area contributed by atoms with E-state index < -0.39 is 0 Å². The summed E-state index contributed by atoms with van der Waals surface area (Å²) in [5.41, 5.74) is 4.89. The highest BCUT2D eigenvalue weighted by molar-refractivity contribution is 7.19. The standard InChI is InChI=1S/C21H17FN6S/c1-3-14-7-4-5-10-18(14)27-13(2)17(12-23-27)20-26-28-19(24-25-21(28)29-20)15-8-6-9-16(22)11-15/h4-12H,3H2,1-2H3. The van der Waals surface area contributed by atoms with Crippen LogP contribution in [0, 0.1) is 12.7 Å². The smallest absolute Gasteiger partial charge is 0.235 e. The summed E-state index contributed by atoms with van der Waals surface area (Å²) in [5, 5.41) is 18.5. The molecule has 144 valence electrons. The Kier molecular flexibility index (Phi) is 4.21. The molecule has 0 fully saturated rings. The van der Waals surface area contributed by atoms with E-state index in [0.717, 1.165) is 28.4 Å². The first-order valence-corrected chi connectivity index (χ1v) is 10.1. The molecule has 0 atom stereocenters. The second-order valence-corrected chi connectivity index (χ2v) is 7.63. The predicted molar refractivity (Wildman–Crippen MR) is 111 cm³/mol. The summed E-state index contributed by atoms with van der Waals surface area (Å²) >= 11 is 1.43. The number of para-hydroxylation sites is 1. The van der Waals surface area contributed by atoms with E-state index in [0.29, 0.717) is 16.3 Å². The Labute approximate surface area is 170 Å². The van der Waals surface area contributed by atoms with Crippen LogP contribution in [0.25, 0.3) is 32.6 Å². The van der Waals surface area contributed by atoms with Gasteiger partial charge in [-0.3, -0.25) is 0 Å². The molecule has 5 rings (SSSR count). The van der Waals surface area contributed by atoms with Crippen molar-refractivity contribution >= 4 is 16.3 Å². The number of aromatic nitrogens is 6. The lowest BCUT2D eigenvalue weighted by Crippen LogP contribution is -2.02. The van der Waals surface area contributed by atoms with E-state index >= 15 is 0 Å². The van der Waals surface area contributed by atoms with Crippen molar-refractivity contribution < 1.29 is 4.39 Å². The third kappa shape index (κ3) is 2.92. The molecule has 0 bridgehead atoms. The molecule has 0 aliphatic heterocycles. The molecule has 6 nitrogen and oxygen atoms in total. The van der Waals surface area contributed by atoms with Crippen molar-refractivity contribution in [3.63, 3.8) is 0 Å². The first kappa shape index (κ1) is 17.7. The van der Waals surface area contributed by atoms with Gasteiger partial charge < -0.3 is 0 Å². The number of halogens is 1. The lowest BCUT2D eigenvalue weighted by atomic mass is 10.1. The number of hydrogen-bond acceptors (Lipinski definition) is 5. The molecule has 2 aromatic carbocycles. The maximum atomic E-state index is 13.6. The molecule has 0 spiro atoms. The van der Waals surface area contributed by atoms with Crippen LogP contribution < -0.4 is 0 Å². The topological polar surface area (TPSA) is 60.9 Å². The maximum Gasteiger partial charge on any atom is 0.235 e. The van der Waals surface area contributed by atoms with Crippen LogP contribution in [-0.4, -0.2) is 29.6 Å². The number of aryl methyl sites for hydroxylation is 1. The van der Waals surface area contributed by atoms with Crippen LogP contribution in [0.1, 0.15) is 18.2 Å². The van der Waals surface area contributed by atoms with Gasteiger partial charge in [-0.1, -0.05) is 48.6 Å². The minimum absolute atomic E-state index is 0.318. The Morgan fingerprint density at radius 1 is 1.07 bits per heavy atom. The molecule has 8 heteroatoms. The molecule has 0 aliphatic rings. The second-order valence-electron chi connectivity index (χ2n) is 6.67. The monoisotopic (exact) mass is 404 g/mol. The summed E-state index contributed by atoms with van der Waals surface area (Å²) < 4.78 is 17.2. The quantitative estimate of drug-likeness (QED) is 0.435. The maximum absolute atomic E-state index is 13.6. The van der Waals surface area contributed by atoms with Crippen molar-refractivity contribution in [1.82, 2.24) is 29.6 Å². The van der Waals surface area contributed by atoms with Crippen molar-refractivity contribution in [3.05, 3.63) is 71.8 Å². The molecule has 0 aliphatic carbocycles. The van der Waals surface area contributed by atoms with Crippen molar-refractivity contribution in [1.29, 1.82) is 0 Å². The van der Waals surface area contributed by atoms with Crippen LogP contribution in [0.5, 0.6) is 0 Å². The fourth-order valence-electron chi connectivity index (χ4n) is 3.41. The number of hydrogen-bond donors (Lipinski definition) is 0. The molecule has 29 heavy (non-hydrogen) atoms. The Morgan fingerprint density at radius 2 is 1.93 bits per heavy atom. The number of fused-ring (bicyclic) bond motifs is 1. The fourth-order valence-corrected chi connectivity index (χ4v) is 4.31. The highest BCUT2D eigenvalue weighted by Gasteiger charge is 2.19. The van der Waals surface area contributed by atoms with Crippen molar-refractivity contribution in [2.24, 2.45) is 0 Å². The van der Waals surface area contributed by atoms with Crippen LogP contribution in [-0.2, 0) is 6.42 Å². The van der Waals surface area contributed by atoms with Gasteiger partial charge in [-0.2, -0.15) is 14.7 Å². The van der Waals surface area contributed by atoms with Gasteiger partial charge in [0.25, 0.3) is 0 Å². The van der Waals surface area contributed by atoms with Gasteiger partial charge in [0, 0.05) is 5.56 Å². The summed E-state index contributed by atoms with van der Waals surface area (Å²) in [7, 11) is 0. The van der Waals surface area contributed by atoms with Crippen molar-refractivity contribution in [2.75, 3.05) is 0 Å². The highest BCUT2D eigenvalue weighted by atomic mass is 32.1. The fraction of sp³-hybridized carbons (Fsp3) is 0.143. The Balaban J connectivity index is 1.60. The van der Waals surface area contributed by atoms with Crippen molar-refractivity contribution in [2.45, 2.75) is 20.3 Å². The minimum Gasteiger partial charge on any atom is -0.237 e. The van der Waals surface area contributed by atoms with Crippen LogP contribution in [0.15, 0.2) is 54.7 Å². The van der Waals surface area contributed by atoms with Crippen LogP contribution in [0.4, 0.5) is 4.39 Å². The van der Waals surface area contributed by atoms with E-state index in [1.807, 2.05) is 29.9 Å². The second kappa shape index (κ2) is 6.89. The molecule has 0 unspecified atom stereocenters. The first-order chi connectivity index (χ1) is 14.2. The molecule has 0 radical (unpaired) electrons. The summed E-state index contributed by atoms with van der Waals surface area (Å²) in [6.45, 7) is 4.17. The molecule has 3 heterocycles. The summed E-state index contributed by atoms with van der Waals surface area (Å²) in [5.74, 6) is 0.199. The molecule has 0 N–H and O–H groups in total. The van der Waals surface area contributed by atoms with Gasteiger partial charge in [0.05, 0.1) is 23.1 Å². The molecular formula is C21H17FN6S. The molecule has 0 saturated heterocycles. The van der Waals surface area contributed by atoms with Crippen LogP contribution in [0.3, 0.4) is 0 Å². The number of benzene rings is 2. The van der Waals surface area contributed by atoms with Gasteiger partial charge in [0.1, 0.15) is 5.82 Å². The minimum atomic E-state index is -0.318. The molecule has 5 aromatic rings. The largest absolute Gasteiger partial charge is 0.237 e. The Hall–Kier alpha value is -3.39. The average molecular weight is 404 g/mol. The Bertz CT molecular complexity index is 1330. The molecule has 0 saturated carbocycles. The predicted octanol–water partition coefficient (Wildman–Crippen LogP) is 4.72. The van der Waals surface area contributed by atoms with Gasteiger partial charge in [-0.25, -0.2) is 9.07 Å². The lowest BCUT2D eigenvalue weighted by molar-refractivity contribution is 0.628. The van der Waals surface area contributed by atoms with Gasteiger partial charge >= 0.3 is 0 Å². The van der Waals surface area contributed by atoms with E-state index in [4.69, 9.17) is 5.10 Å². The SMILES string of the molecule is CCc1ccccc1-n1ncc(-c2nn3c(-c4cccc(F)c4)nnc3s2)c1C. The van der Waals surface area contributed by atoms with Gasteiger partial charge in [-0.15, -0.1) is 10.2 Å². The van der Waals surface area contributed by atoms with E-state index in [9.17, 15) is 4.39 Å². The molecule has 0 amide bonds. The summed E-state index contributed by atoms with van der Waals surface area (Å²) in [6, 6.07) is 14.5. The van der Waals surface area contributed by atoms with Gasteiger partial charge in [-0.05, 0) is 37.1 Å². The van der Waals surface area contributed by atoms with Crippen molar-refractivity contribution in [3.8, 4) is 27.6 Å². The first-order valence-electron chi connectivity index (χ1n) is 9.27. The zero-order valence-corrected chi connectivity index (χ0v) is 16.7. The normalized spacial score (nSPS) is 11.4. The summed E-state index contributed by atoms with van der Waals surface area (Å²) in [6.07, 6.45) is 2.76. The molecular weight excluding hydrogens is 387 g/mol. The summed E-state index contributed by atoms with van der Waals surface area (Å²) in [4.78, 5) is 0.653. The van der Waals surface area contributed by atoms with E-state index in [1.54, 1.807) is 16.6 Å². The lowest BCUT2D eigenvalue weighted by Gasteiger charge is -2.09.